The van der Waals surface area contributed by atoms with E-state index in [0.29, 0.717) is 17.0 Å². The third-order valence-corrected chi connectivity index (χ3v) is 4.46. The van der Waals surface area contributed by atoms with E-state index in [1.54, 1.807) is 23.7 Å². The molecule has 0 aliphatic carbocycles. The standard InChI is InChI=1S/C22H19N3O4/c1-14-12-19(25(24-14)16-8-4-3-5-9-16)23-20(26)13-28-22(27)21-15(2)17-10-6-7-11-18(17)29-21/h3-12H,13H2,1-2H3,(H,23,26). The summed E-state index contributed by atoms with van der Waals surface area (Å²) in [5, 5.41) is 7.96. The van der Waals surface area contributed by atoms with E-state index in [2.05, 4.69) is 10.4 Å². The lowest BCUT2D eigenvalue weighted by Crippen LogP contribution is -2.22. The van der Waals surface area contributed by atoms with Crippen molar-refractivity contribution in [1.82, 2.24) is 9.78 Å². The third-order valence-electron chi connectivity index (χ3n) is 4.46. The van der Waals surface area contributed by atoms with Crippen molar-refractivity contribution >= 4 is 28.7 Å². The summed E-state index contributed by atoms with van der Waals surface area (Å²) in [6.07, 6.45) is 0. The van der Waals surface area contributed by atoms with E-state index in [1.165, 1.54) is 0 Å². The van der Waals surface area contributed by atoms with Gasteiger partial charge in [0.05, 0.1) is 11.4 Å². The van der Waals surface area contributed by atoms with Crippen LogP contribution in [0.2, 0.25) is 0 Å². The monoisotopic (exact) mass is 389 g/mol. The van der Waals surface area contributed by atoms with Crippen LogP contribution in [0.5, 0.6) is 0 Å². The molecule has 0 fully saturated rings. The quantitative estimate of drug-likeness (QED) is 0.521. The molecule has 0 saturated heterocycles. The van der Waals surface area contributed by atoms with E-state index in [0.717, 1.165) is 16.8 Å². The van der Waals surface area contributed by atoms with Crippen LogP contribution in [0.3, 0.4) is 0 Å². The Balaban J connectivity index is 1.44. The van der Waals surface area contributed by atoms with Crippen molar-refractivity contribution in [2.75, 3.05) is 11.9 Å². The molecular weight excluding hydrogens is 370 g/mol. The molecule has 0 aliphatic heterocycles. The van der Waals surface area contributed by atoms with Crippen molar-refractivity contribution in [2.24, 2.45) is 0 Å². The third kappa shape index (κ3) is 3.75. The highest BCUT2D eigenvalue weighted by Gasteiger charge is 2.20. The van der Waals surface area contributed by atoms with Gasteiger partial charge in [-0.05, 0) is 32.0 Å². The van der Waals surface area contributed by atoms with E-state index < -0.39 is 18.5 Å². The molecule has 1 N–H and O–H groups in total. The van der Waals surface area contributed by atoms with Crippen molar-refractivity contribution in [3.05, 3.63) is 77.7 Å². The number of benzene rings is 2. The van der Waals surface area contributed by atoms with Gasteiger partial charge >= 0.3 is 5.97 Å². The minimum atomic E-state index is -0.679. The van der Waals surface area contributed by atoms with E-state index in [4.69, 9.17) is 9.15 Å². The molecule has 0 radical (unpaired) electrons. The number of carbonyl (C=O) groups excluding carboxylic acids is 2. The number of furan rings is 1. The molecule has 2 aromatic carbocycles. The maximum atomic E-state index is 12.4. The minimum absolute atomic E-state index is 0.101. The fraction of sp³-hybridized carbons (Fsp3) is 0.136. The number of amides is 1. The lowest BCUT2D eigenvalue weighted by atomic mass is 10.1. The van der Waals surface area contributed by atoms with Crippen LogP contribution in [0.4, 0.5) is 5.82 Å². The lowest BCUT2D eigenvalue weighted by Gasteiger charge is -2.09. The Morgan fingerprint density at radius 2 is 1.79 bits per heavy atom. The van der Waals surface area contributed by atoms with Crippen molar-refractivity contribution in [3.8, 4) is 5.69 Å². The van der Waals surface area contributed by atoms with Crippen LogP contribution in [0, 0.1) is 13.8 Å². The molecule has 0 unspecified atom stereocenters. The summed E-state index contributed by atoms with van der Waals surface area (Å²) in [5.74, 6) is -0.551. The predicted molar refractivity (Wildman–Crippen MR) is 108 cm³/mol. The van der Waals surface area contributed by atoms with Crippen molar-refractivity contribution in [1.29, 1.82) is 0 Å². The zero-order valence-electron chi connectivity index (χ0n) is 16.0. The molecule has 29 heavy (non-hydrogen) atoms. The summed E-state index contributed by atoms with van der Waals surface area (Å²) in [4.78, 5) is 24.7. The van der Waals surface area contributed by atoms with Crippen molar-refractivity contribution in [2.45, 2.75) is 13.8 Å². The van der Waals surface area contributed by atoms with Gasteiger partial charge in [-0.1, -0.05) is 36.4 Å². The largest absolute Gasteiger partial charge is 0.450 e. The molecule has 146 valence electrons. The fourth-order valence-electron chi connectivity index (χ4n) is 3.10. The van der Waals surface area contributed by atoms with Gasteiger partial charge in [0.1, 0.15) is 11.4 Å². The highest BCUT2D eigenvalue weighted by molar-refractivity contribution is 5.98. The number of hydrogen-bond acceptors (Lipinski definition) is 5. The first-order valence-electron chi connectivity index (χ1n) is 9.10. The second-order valence-corrected chi connectivity index (χ2v) is 6.59. The van der Waals surface area contributed by atoms with Gasteiger partial charge in [0.25, 0.3) is 5.91 Å². The normalized spacial score (nSPS) is 10.8. The fourth-order valence-corrected chi connectivity index (χ4v) is 3.10. The van der Waals surface area contributed by atoms with Crippen LogP contribution >= 0.6 is 0 Å². The zero-order valence-corrected chi connectivity index (χ0v) is 16.0. The van der Waals surface area contributed by atoms with Gasteiger partial charge in [-0.3, -0.25) is 4.79 Å². The topological polar surface area (TPSA) is 86.4 Å². The number of nitrogens with zero attached hydrogens (tertiary/aromatic N) is 2. The molecule has 0 saturated carbocycles. The first-order chi connectivity index (χ1) is 14.0. The van der Waals surface area contributed by atoms with Gasteiger partial charge < -0.3 is 14.5 Å². The van der Waals surface area contributed by atoms with E-state index in [1.807, 2.05) is 55.5 Å². The van der Waals surface area contributed by atoms with Crippen LogP contribution in [0.15, 0.2) is 65.1 Å². The number of aryl methyl sites for hydroxylation is 2. The van der Waals surface area contributed by atoms with Crippen LogP contribution in [-0.2, 0) is 9.53 Å². The van der Waals surface area contributed by atoms with Gasteiger partial charge in [-0.25, -0.2) is 9.48 Å². The van der Waals surface area contributed by atoms with Crippen LogP contribution in [0.25, 0.3) is 16.7 Å². The number of fused-ring (bicyclic) bond motifs is 1. The van der Waals surface area contributed by atoms with Gasteiger partial charge in [-0.2, -0.15) is 5.10 Å². The average molecular weight is 389 g/mol. The van der Waals surface area contributed by atoms with Crippen LogP contribution in [0.1, 0.15) is 21.8 Å². The lowest BCUT2D eigenvalue weighted by molar-refractivity contribution is -0.119. The molecule has 7 nitrogen and oxygen atoms in total. The molecule has 2 heterocycles. The number of nitrogens with one attached hydrogen (secondary N) is 1. The number of rotatable bonds is 5. The number of para-hydroxylation sites is 2. The average Bonchev–Trinajstić information content (AvgIpc) is 3.27. The summed E-state index contributed by atoms with van der Waals surface area (Å²) in [5.41, 5.74) is 2.84. The Bertz CT molecular complexity index is 1190. The predicted octanol–water partition coefficient (Wildman–Crippen LogP) is 4.03. The number of aromatic nitrogens is 2. The molecule has 4 aromatic rings. The summed E-state index contributed by atoms with van der Waals surface area (Å²) in [6.45, 7) is 3.18. The first kappa shape index (κ1) is 18.5. The SMILES string of the molecule is Cc1cc(NC(=O)COC(=O)c2oc3ccccc3c2C)n(-c2ccccc2)n1. The van der Waals surface area contributed by atoms with E-state index in [9.17, 15) is 9.59 Å². The molecule has 0 spiro atoms. The molecule has 0 atom stereocenters. The van der Waals surface area contributed by atoms with Gasteiger partial charge in [0.15, 0.2) is 6.61 Å². The smallest absolute Gasteiger partial charge is 0.375 e. The second kappa shape index (κ2) is 7.63. The highest BCUT2D eigenvalue weighted by Crippen LogP contribution is 2.25. The van der Waals surface area contributed by atoms with E-state index in [-0.39, 0.29) is 5.76 Å². The zero-order chi connectivity index (χ0) is 20.4. The molecule has 1 amide bonds. The second-order valence-electron chi connectivity index (χ2n) is 6.59. The molecule has 7 heteroatoms. The van der Waals surface area contributed by atoms with Crippen LogP contribution in [-0.4, -0.2) is 28.3 Å². The summed E-state index contributed by atoms with van der Waals surface area (Å²) < 4.78 is 12.3. The molecular formula is C22H19N3O4. The number of hydrogen-bond donors (Lipinski definition) is 1. The Kier molecular flexibility index (Phi) is 4.87. The maximum Gasteiger partial charge on any atom is 0.375 e. The Labute approximate surface area is 166 Å². The molecule has 2 aromatic heterocycles. The highest BCUT2D eigenvalue weighted by atomic mass is 16.5. The van der Waals surface area contributed by atoms with Gasteiger partial charge in [0, 0.05) is 17.0 Å². The Morgan fingerprint density at radius 1 is 1.07 bits per heavy atom. The Hall–Kier alpha value is -3.87. The molecule has 0 aliphatic rings. The molecule has 0 bridgehead atoms. The van der Waals surface area contributed by atoms with Crippen molar-refractivity contribution < 1.29 is 18.7 Å². The van der Waals surface area contributed by atoms with Crippen LogP contribution < -0.4 is 5.32 Å². The number of ether oxygens (including phenoxy) is 1. The first-order valence-corrected chi connectivity index (χ1v) is 9.10. The van der Waals surface area contributed by atoms with Crippen molar-refractivity contribution in [3.63, 3.8) is 0 Å². The number of anilines is 1. The maximum absolute atomic E-state index is 12.4. The summed E-state index contributed by atoms with van der Waals surface area (Å²) >= 11 is 0. The minimum Gasteiger partial charge on any atom is -0.450 e. The Morgan fingerprint density at radius 3 is 2.55 bits per heavy atom. The molecule has 4 rings (SSSR count). The van der Waals surface area contributed by atoms with E-state index >= 15 is 0 Å². The van der Waals surface area contributed by atoms with Gasteiger partial charge in [0.2, 0.25) is 5.76 Å². The number of esters is 1. The number of carbonyl (C=O) groups is 2. The summed E-state index contributed by atoms with van der Waals surface area (Å²) in [6, 6.07) is 18.5. The summed E-state index contributed by atoms with van der Waals surface area (Å²) in [7, 11) is 0. The van der Waals surface area contributed by atoms with Gasteiger partial charge in [-0.15, -0.1) is 0 Å².